The summed E-state index contributed by atoms with van der Waals surface area (Å²) in [5.74, 6) is -0.609. The molecule has 3 heterocycles. The van der Waals surface area contributed by atoms with Crippen molar-refractivity contribution in [3.8, 4) is 0 Å². The van der Waals surface area contributed by atoms with E-state index in [9.17, 15) is 14.4 Å². The number of imide groups is 1. The molecular weight excluding hydrogens is 380 g/mol. The monoisotopic (exact) mass is 402 g/mol. The van der Waals surface area contributed by atoms with Crippen molar-refractivity contribution in [3.63, 3.8) is 0 Å². The van der Waals surface area contributed by atoms with Crippen molar-refractivity contribution >= 4 is 34.4 Å². The first-order valence-corrected chi connectivity index (χ1v) is 10.1. The fraction of sp³-hybridized carbons (Fsp3) is 0.261. The highest BCUT2D eigenvalue weighted by Gasteiger charge is 2.41. The number of H-pyrrole nitrogens is 1. The van der Waals surface area contributed by atoms with E-state index < -0.39 is 12.1 Å². The molecule has 3 aromatic rings. The average molecular weight is 402 g/mol. The van der Waals surface area contributed by atoms with Gasteiger partial charge in [0.05, 0.1) is 0 Å². The van der Waals surface area contributed by atoms with Crippen molar-refractivity contribution in [3.05, 3.63) is 65.9 Å². The summed E-state index contributed by atoms with van der Waals surface area (Å²) in [6.07, 6.45) is 3.01. The maximum absolute atomic E-state index is 13.0. The van der Waals surface area contributed by atoms with Gasteiger partial charge < -0.3 is 15.2 Å². The summed E-state index contributed by atoms with van der Waals surface area (Å²) in [6.45, 7) is 1.72. The van der Waals surface area contributed by atoms with Crippen molar-refractivity contribution < 1.29 is 14.4 Å². The predicted octanol–water partition coefficient (Wildman–Crippen LogP) is 2.61. The number of hydrogen-bond donors (Lipinski definition) is 2. The fourth-order valence-corrected chi connectivity index (χ4v) is 4.54. The number of anilines is 1. The Labute approximate surface area is 173 Å². The van der Waals surface area contributed by atoms with Crippen LogP contribution in [0, 0.1) is 0 Å². The average Bonchev–Trinajstić information content (AvgIpc) is 3.38. The van der Waals surface area contributed by atoms with E-state index in [1.165, 1.54) is 0 Å². The van der Waals surface area contributed by atoms with E-state index in [-0.39, 0.29) is 24.4 Å². The second-order valence-electron chi connectivity index (χ2n) is 7.94. The summed E-state index contributed by atoms with van der Waals surface area (Å²) in [7, 11) is 0. The minimum atomic E-state index is -0.673. The second-order valence-corrected chi connectivity index (χ2v) is 7.94. The van der Waals surface area contributed by atoms with E-state index in [4.69, 9.17) is 0 Å². The molecule has 2 aliphatic rings. The number of carbonyl (C=O) groups is 3. The van der Waals surface area contributed by atoms with Gasteiger partial charge in [-0.05, 0) is 36.6 Å². The third-order valence-electron chi connectivity index (χ3n) is 5.98. The third-order valence-corrected chi connectivity index (χ3v) is 5.98. The molecule has 2 atom stereocenters. The first kappa shape index (κ1) is 18.4. The smallest absolute Gasteiger partial charge is 0.325 e. The maximum atomic E-state index is 13.0. The summed E-state index contributed by atoms with van der Waals surface area (Å²) in [5.41, 5.74) is 3.91. The summed E-state index contributed by atoms with van der Waals surface area (Å²) < 4.78 is 0. The minimum Gasteiger partial charge on any atom is -0.361 e. The van der Waals surface area contributed by atoms with E-state index in [2.05, 4.69) is 10.3 Å². The zero-order chi connectivity index (χ0) is 20.8. The van der Waals surface area contributed by atoms with Crippen LogP contribution in [0.25, 0.3) is 10.9 Å². The lowest BCUT2D eigenvalue weighted by atomic mass is 10.1. The van der Waals surface area contributed by atoms with E-state index in [0.29, 0.717) is 6.42 Å². The van der Waals surface area contributed by atoms with E-state index in [1.54, 1.807) is 4.90 Å². The fourth-order valence-electron chi connectivity index (χ4n) is 4.54. The zero-order valence-corrected chi connectivity index (χ0v) is 16.6. The number of benzene rings is 2. The molecule has 1 fully saturated rings. The van der Waals surface area contributed by atoms with Crippen LogP contribution in [0.4, 0.5) is 10.5 Å². The molecule has 2 N–H and O–H groups in total. The number of rotatable bonds is 4. The SMILES string of the molecule is C[C@H]1Cc2ccccc2N1C(=O)CN1C(=O)N[C@H](Cc2c[nH]c3ccccc23)C1=O. The number of carbonyl (C=O) groups excluding carboxylic acids is 3. The van der Waals surface area contributed by atoms with Gasteiger partial charge in [0.1, 0.15) is 12.6 Å². The van der Waals surface area contributed by atoms with Crippen LogP contribution >= 0.6 is 0 Å². The van der Waals surface area contributed by atoms with Crippen LogP contribution in [0.15, 0.2) is 54.7 Å². The van der Waals surface area contributed by atoms with Gasteiger partial charge in [0, 0.05) is 35.2 Å². The number of nitrogens with zero attached hydrogens (tertiary/aromatic N) is 2. The topological polar surface area (TPSA) is 85.5 Å². The molecule has 2 aromatic carbocycles. The molecule has 0 spiro atoms. The van der Waals surface area contributed by atoms with E-state index in [1.807, 2.05) is 61.7 Å². The van der Waals surface area contributed by atoms with Crippen LogP contribution in [0.5, 0.6) is 0 Å². The Bertz CT molecular complexity index is 1170. The first-order valence-electron chi connectivity index (χ1n) is 10.1. The highest BCUT2D eigenvalue weighted by molar-refractivity contribution is 6.09. The molecule has 2 aliphatic heterocycles. The largest absolute Gasteiger partial charge is 0.361 e. The molecule has 7 heteroatoms. The van der Waals surface area contributed by atoms with Crippen molar-refractivity contribution in [1.82, 2.24) is 15.2 Å². The number of amides is 4. The molecular formula is C23H22N4O3. The molecule has 1 saturated heterocycles. The van der Waals surface area contributed by atoms with Crippen LogP contribution in [-0.4, -0.2) is 46.4 Å². The molecule has 5 rings (SSSR count). The van der Waals surface area contributed by atoms with Crippen LogP contribution in [0.3, 0.4) is 0 Å². The lowest BCUT2D eigenvalue weighted by molar-refractivity contribution is -0.131. The Balaban J connectivity index is 1.32. The van der Waals surface area contributed by atoms with Crippen LogP contribution in [0.2, 0.25) is 0 Å². The number of para-hydroxylation sites is 2. The van der Waals surface area contributed by atoms with Crippen LogP contribution < -0.4 is 10.2 Å². The van der Waals surface area contributed by atoms with Crippen LogP contribution in [0.1, 0.15) is 18.1 Å². The highest BCUT2D eigenvalue weighted by atomic mass is 16.2. The molecule has 0 bridgehead atoms. The summed E-state index contributed by atoms with van der Waals surface area (Å²) in [6, 6.07) is 14.4. The summed E-state index contributed by atoms with van der Waals surface area (Å²) >= 11 is 0. The standard InChI is InChI=1S/C23H22N4O3/c1-14-10-15-6-2-5-9-20(15)27(14)21(28)13-26-22(29)19(25-23(26)30)11-16-12-24-18-8-4-3-7-17(16)18/h2-9,12,14,19,24H,10-11,13H2,1H3,(H,25,30)/t14-,19+/m0/s1. The Morgan fingerprint density at radius 3 is 2.73 bits per heavy atom. The van der Waals surface area contributed by atoms with Gasteiger partial charge in [-0.15, -0.1) is 0 Å². The normalized spacial score (nSPS) is 20.7. The lowest BCUT2D eigenvalue weighted by Gasteiger charge is -2.24. The van der Waals surface area contributed by atoms with Crippen molar-refractivity contribution in [1.29, 1.82) is 0 Å². The molecule has 0 aliphatic carbocycles. The van der Waals surface area contributed by atoms with Gasteiger partial charge in [-0.3, -0.25) is 14.5 Å². The van der Waals surface area contributed by atoms with Crippen molar-refractivity contribution in [2.24, 2.45) is 0 Å². The van der Waals surface area contributed by atoms with E-state index in [0.717, 1.165) is 39.0 Å². The number of aromatic amines is 1. The number of nitrogens with one attached hydrogen (secondary N) is 2. The van der Waals surface area contributed by atoms with Gasteiger partial charge >= 0.3 is 6.03 Å². The van der Waals surface area contributed by atoms with Crippen molar-refractivity contribution in [2.75, 3.05) is 11.4 Å². The number of aromatic nitrogens is 1. The van der Waals surface area contributed by atoms with Gasteiger partial charge in [0.2, 0.25) is 5.91 Å². The Morgan fingerprint density at radius 1 is 1.10 bits per heavy atom. The first-order chi connectivity index (χ1) is 14.5. The molecule has 30 heavy (non-hydrogen) atoms. The Kier molecular flexibility index (Phi) is 4.31. The van der Waals surface area contributed by atoms with Crippen LogP contribution in [-0.2, 0) is 22.4 Å². The number of urea groups is 1. The quantitative estimate of drug-likeness (QED) is 0.658. The second kappa shape index (κ2) is 7.02. The Hall–Kier alpha value is -3.61. The molecule has 1 aromatic heterocycles. The summed E-state index contributed by atoms with van der Waals surface area (Å²) in [5, 5.41) is 3.76. The number of hydrogen-bond acceptors (Lipinski definition) is 3. The molecule has 4 amide bonds. The molecule has 0 saturated carbocycles. The maximum Gasteiger partial charge on any atom is 0.325 e. The minimum absolute atomic E-state index is 0.00214. The summed E-state index contributed by atoms with van der Waals surface area (Å²) in [4.78, 5) is 44.3. The predicted molar refractivity (Wildman–Crippen MR) is 113 cm³/mol. The molecule has 0 radical (unpaired) electrons. The third kappa shape index (κ3) is 2.94. The van der Waals surface area contributed by atoms with Gasteiger partial charge in [-0.2, -0.15) is 0 Å². The van der Waals surface area contributed by atoms with Gasteiger partial charge in [-0.1, -0.05) is 36.4 Å². The lowest BCUT2D eigenvalue weighted by Crippen LogP contribution is -2.45. The van der Waals surface area contributed by atoms with Gasteiger partial charge in [0.25, 0.3) is 5.91 Å². The highest BCUT2D eigenvalue weighted by Crippen LogP contribution is 2.32. The molecule has 0 unspecified atom stereocenters. The van der Waals surface area contributed by atoms with E-state index >= 15 is 0 Å². The van der Waals surface area contributed by atoms with Gasteiger partial charge in [0.15, 0.2) is 0 Å². The van der Waals surface area contributed by atoms with Gasteiger partial charge in [-0.25, -0.2) is 4.79 Å². The Morgan fingerprint density at radius 2 is 1.87 bits per heavy atom. The molecule has 152 valence electrons. The number of fused-ring (bicyclic) bond motifs is 2. The molecule has 7 nitrogen and oxygen atoms in total. The zero-order valence-electron chi connectivity index (χ0n) is 16.6. The van der Waals surface area contributed by atoms with Crippen molar-refractivity contribution in [2.45, 2.75) is 31.8 Å².